The average molecular weight is 397 g/mol. The average Bonchev–Trinajstić information content (AvgIpc) is 3.34. The maximum atomic E-state index is 12.1. The maximum absolute atomic E-state index is 12.1. The topological polar surface area (TPSA) is 69.0 Å². The van der Waals surface area contributed by atoms with Crippen LogP contribution in [0.1, 0.15) is 31.5 Å². The first-order valence-corrected chi connectivity index (χ1v) is 10.6. The molecule has 28 heavy (non-hydrogen) atoms. The summed E-state index contributed by atoms with van der Waals surface area (Å²) in [6.07, 6.45) is 4.61. The van der Waals surface area contributed by atoms with Gasteiger partial charge in [-0.3, -0.25) is 4.79 Å². The summed E-state index contributed by atoms with van der Waals surface area (Å²) in [5.74, 6) is 1.97. The van der Waals surface area contributed by atoms with Gasteiger partial charge in [0.25, 0.3) is 0 Å². The van der Waals surface area contributed by atoms with Crippen molar-refractivity contribution in [2.24, 2.45) is 7.05 Å². The van der Waals surface area contributed by atoms with Crippen LogP contribution in [0.4, 0.5) is 0 Å². The van der Waals surface area contributed by atoms with Gasteiger partial charge < -0.3 is 14.6 Å². The third-order valence-corrected chi connectivity index (χ3v) is 6.10. The van der Waals surface area contributed by atoms with Gasteiger partial charge in [0, 0.05) is 18.5 Å². The minimum Gasteiger partial charge on any atom is -0.485 e. The summed E-state index contributed by atoms with van der Waals surface area (Å²) < 4.78 is 7.89. The monoisotopic (exact) mass is 396 g/mol. The van der Waals surface area contributed by atoms with Gasteiger partial charge in [-0.25, -0.2) is 0 Å². The van der Waals surface area contributed by atoms with E-state index in [1.807, 2.05) is 41.9 Å². The number of nitrogens with one attached hydrogen (secondary N) is 1. The Bertz CT molecular complexity index is 961. The van der Waals surface area contributed by atoms with Gasteiger partial charge in [-0.1, -0.05) is 61.0 Å². The van der Waals surface area contributed by atoms with E-state index in [4.69, 9.17) is 4.74 Å². The van der Waals surface area contributed by atoms with Crippen molar-refractivity contribution in [1.29, 1.82) is 0 Å². The number of nitrogens with zero attached hydrogens (tertiary/aromatic N) is 3. The Kier molecular flexibility index (Phi) is 5.81. The molecule has 146 valence electrons. The van der Waals surface area contributed by atoms with E-state index in [1.165, 1.54) is 24.6 Å². The summed E-state index contributed by atoms with van der Waals surface area (Å²) in [6, 6.07) is 14.5. The van der Waals surface area contributed by atoms with Crippen molar-refractivity contribution in [1.82, 2.24) is 20.1 Å². The quantitative estimate of drug-likeness (QED) is 0.617. The van der Waals surface area contributed by atoms with E-state index < -0.39 is 0 Å². The molecule has 2 aromatic carbocycles. The number of ether oxygens (including phenoxy) is 1. The van der Waals surface area contributed by atoms with E-state index >= 15 is 0 Å². The minimum atomic E-state index is 0.0634. The fourth-order valence-corrected chi connectivity index (χ4v) is 4.27. The molecular formula is C21H24N4O2S. The second kappa shape index (κ2) is 8.65. The molecule has 1 fully saturated rings. The normalized spacial score (nSPS) is 14.5. The lowest BCUT2D eigenvalue weighted by atomic mass is 10.1. The van der Waals surface area contributed by atoms with E-state index in [1.54, 1.807) is 0 Å². The number of rotatable bonds is 7. The molecule has 1 N–H and O–H groups in total. The predicted molar refractivity (Wildman–Crippen MR) is 110 cm³/mol. The molecule has 0 aliphatic heterocycles. The van der Waals surface area contributed by atoms with Gasteiger partial charge in [-0.2, -0.15) is 0 Å². The lowest BCUT2D eigenvalue weighted by Crippen LogP contribution is -2.33. The van der Waals surface area contributed by atoms with Crippen LogP contribution in [0.5, 0.6) is 5.75 Å². The third-order valence-electron chi connectivity index (χ3n) is 5.08. The highest BCUT2D eigenvalue weighted by molar-refractivity contribution is 7.99. The number of hydrogen-bond donors (Lipinski definition) is 1. The van der Waals surface area contributed by atoms with Crippen LogP contribution in [0.3, 0.4) is 0 Å². The predicted octanol–water partition coefficient (Wildman–Crippen LogP) is 3.70. The van der Waals surface area contributed by atoms with Crippen molar-refractivity contribution >= 4 is 28.4 Å². The van der Waals surface area contributed by atoms with Crippen molar-refractivity contribution < 1.29 is 9.53 Å². The Morgan fingerprint density at radius 1 is 1.18 bits per heavy atom. The second-order valence-corrected chi connectivity index (χ2v) is 8.00. The van der Waals surface area contributed by atoms with Crippen LogP contribution in [0, 0.1) is 0 Å². The molecule has 6 nitrogen and oxygen atoms in total. The zero-order valence-electron chi connectivity index (χ0n) is 15.9. The SMILES string of the molecule is Cn1c(COc2cccc3ccccc23)nnc1SCC(=O)NC1CCCC1. The molecule has 4 rings (SSSR count). The second-order valence-electron chi connectivity index (χ2n) is 7.06. The van der Waals surface area contributed by atoms with Crippen LogP contribution in [-0.4, -0.2) is 32.5 Å². The zero-order chi connectivity index (χ0) is 19.3. The van der Waals surface area contributed by atoms with Crippen LogP contribution >= 0.6 is 11.8 Å². The molecule has 0 bridgehead atoms. The number of amides is 1. The fraction of sp³-hybridized carbons (Fsp3) is 0.381. The van der Waals surface area contributed by atoms with Crippen molar-refractivity contribution in [3.8, 4) is 5.75 Å². The summed E-state index contributed by atoms with van der Waals surface area (Å²) in [4.78, 5) is 12.1. The Hall–Kier alpha value is -2.54. The molecule has 0 radical (unpaired) electrons. The molecule has 7 heteroatoms. The number of carbonyl (C=O) groups is 1. The molecule has 0 unspecified atom stereocenters. The highest BCUT2D eigenvalue weighted by atomic mass is 32.2. The summed E-state index contributed by atoms with van der Waals surface area (Å²) in [5.41, 5.74) is 0. The summed E-state index contributed by atoms with van der Waals surface area (Å²) in [7, 11) is 1.90. The molecule has 1 amide bonds. The molecule has 3 aromatic rings. The molecule has 1 saturated carbocycles. The van der Waals surface area contributed by atoms with E-state index in [0.29, 0.717) is 18.4 Å². The van der Waals surface area contributed by atoms with Crippen molar-refractivity contribution in [2.75, 3.05) is 5.75 Å². The molecule has 1 aliphatic rings. The van der Waals surface area contributed by atoms with Crippen LogP contribution in [0.2, 0.25) is 0 Å². The third kappa shape index (κ3) is 4.30. The van der Waals surface area contributed by atoms with Crippen LogP contribution in [-0.2, 0) is 18.4 Å². The summed E-state index contributed by atoms with van der Waals surface area (Å²) >= 11 is 1.41. The minimum absolute atomic E-state index is 0.0634. The van der Waals surface area contributed by atoms with Crippen molar-refractivity contribution in [3.63, 3.8) is 0 Å². The number of benzene rings is 2. The number of hydrogen-bond acceptors (Lipinski definition) is 5. The van der Waals surface area contributed by atoms with Gasteiger partial charge in [-0.05, 0) is 24.3 Å². The number of thioether (sulfide) groups is 1. The molecule has 1 heterocycles. The van der Waals surface area contributed by atoms with E-state index in [0.717, 1.165) is 40.3 Å². The largest absolute Gasteiger partial charge is 0.485 e. The fourth-order valence-electron chi connectivity index (χ4n) is 3.53. The van der Waals surface area contributed by atoms with Gasteiger partial charge in [0.05, 0.1) is 5.75 Å². The van der Waals surface area contributed by atoms with Gasteiger partial charge in [0.2, 0.25) is 5.91 Å². The van der Waals surface area contributed by atoms with Gasteiger partial charge >= 0.3 is 0 Å². The summed E-state index contributed by atoms with van der Waals surface area (Å²) in [6.45, 7) is 0.326. The standard InChI is InChI=1S/C21H24N4O2S/c1-25-19(13-27-18-12-6-8-15-7-2-5-11-17(15)18)23-24-21(25)28-14-20(26)22-16-9-3-4-10-16/h2,5-8,11-12,16H,3-4,9-10,13-14H2,1H3,(H,22,26). The lowest BCUT2D eigenvalue weighted by Gasteiger charge is -2.11. The molecule has 0 spiro atoms. The number of fused-ring (bicyclic) bond motifs is 1. The highest BCUT2D eigenvalue weighted by Gasteiger charge is 2.18. The highest BCUT2D eigenvalue weighted by Crippen LogP contribution is 2.26. The Morgan fingerprint density at radius 2 is 1.96 bits per heavy atom. The van der Waals surface area contributed by atoms with E-state index in [2.05, 4.69) is 27.6 Å². The first kappa shape index (κ1) is 18.8. The van der Waals surface area contributed by atoms with E-state index in [-0.39, 0.29) is 5.91 Å². The van der Waals surface area contributed by atoms with E-state index in [9.17, 15) is 4.79 Å². The summed E-state index contributed by atoms with van der Waals surface area (Å²) in [5, 5.41) is 14.5. The molecular weight excluding hydrogens is 372 g/mol. The smallest absolute Gasteiger partial charge is 0.230 e. The lowest BCUT2D eigenvalue weighted by molar-refractivity contribution is -0.119. The number of aromatic nitrogens is 3. The number of carbonyl (C=O) groups excluding carboxylic acids is 1. The van der Waals surface area contributed by atoms with Crippen LogP contribution < -0.4 is 10.1 Å². The van der Waals surface area contributed by atoms with Crippen molar-refractivity contribution in [2.45, 2.75) is 43.5 Å². The Morgan fingerprint density at radius 3 is 2.82 bits per heavy atom. The Balaban J connectivity index is 1.35. The van der Waals surface area contributed by atoms with Gasteiger partial charge in [0.15, 0.2) is 11.0 Å². The first-order valence-electron chi connectivity index (χ1n) is 9.62. The van der Waals surface area contributed by atoms with Gasteiger partial charge in [-0.15, -0.1) is 10.2 Å². The van der Waals surface area contributed by atoms with Crippen LogP contribution in [0.25, 0.3) is 10.8 Å². The molecule has 0 atom stereocenters. The maximum Gasteiger partial charge on any atom is 0.230 e. The Labute approximate surface area is 168 Å². The van der Waals surface area contributed by atoms with Crippen molar-refractivity contribution in [3.05, 3.63) is 48.3 Å². The zero-order valence-corrected chi connectivity index (χ0v) is 16.7. The molecule has 1 aliphatic carbocycles. The van der Waals surface area contributed by atoms with Gasteiger partial charge in [0.1, 0.15) is 12.4 Å². The molecule has 0 saturated heterocycles. The molecule has 1 aromatic heterocycles. The first-order chi connectivity index (χ1) is 13.7. The van der Waals surface area contributed by atoms with Crippen LogP contribution in [0.15, 0.2) is 47.6 Å².